The van der Waals surface area contributed by atoms with Crippen molar-refractivity contribution in [2.45, 2.75) is 65.4 Å². The van der Waals surface area contributed by atoms with Gasteiger partial charge in [-0.2, -0.15) is 0 Å². The Morgan fingerprint density at radius 3 is 2.29 bits per heavy atom. The zero-order valence-corrected chi connectivity index (χ0v) is 9.75. The molecule has 0 unspecified atom stereocenters. The molecular weight excluding hydrogens is 176 g/mol. The molecule has 84 valence electrons. The predicted molar refractivity (Wildman–Crippen MR) is 59.2 cm³/mol. The van der Waals surface area contributed by atoms with E-state index in [9.17, 15) is 9.90 Å². The smallest absolute Gasteiger partial charge is 0.138 e. The Labute approximate surface area is 87.7 Å². The summed E-state index contributed by atoms with van der Waals surface area (Å²) in [5, 5.41) is 9.82. The van der Waals surface area contributed by atoms with Crippen molar-refractivity contribution in [3.8, 4) is 0 Å². The molecule has 2 nitrogen and oxygen atoms in total. The maximum atomic E-state index is 11.5. The van der Waals surface area contributed by atoms with Gasteiger partial charge in [0.1, 0.15) is 5.78 Å². The van der Waals surface area contributed by atoms with Crippen molar-refractivity contribution in [3.63, 3.8) is 0 Å². The van der Waals surface area contributed by atoms with Gasteiger partial charge in [-0.25, -0.2) is 0 Å². The van der Waals surface area contributed by atoms with Gasteiger partial charge in [-0.05, 0) is 12.8 Å². The lowest BCUT2D eigenvalue weighted by Gasteiger charge is -2.19. The molecule has 0 aromatic carbocycles. The first-order valence-electron chi connectivity index (χ1n) is 5.88. The maximum absolute atomic E-state index is 11.5. The van der Waals surface area contributed by atoms with E-state index in [1.165, 1.54) is 0 Å². The average molecular weight is 200 g/mol. The van der Waals surface area contributed by atoms with Gasteiger partial charge >= 0.3 is 0 Å². The van der Waals surface area contributed by atoms with E-state index in [0.717, 1.165) is 32.1 Å². The van der Waals surface area contributed by atoms with Crippen molar-refractivity contribution >= 4 is 5.78 Å². The Bertz CT molecular complexity index is 154. The molecule has 0 saturated heterocycles. The van der Waals surface area contributed by atoms with Crippen LogP contribution in [0.5, 0.6) is 0 Å². The first-order valence-corrected chi connectivity index (χ1v) is 5.88. The largest absolute Gasteiger partial charge is 0.392 e. The standard InChI is InChI=1S/C12H24O2/c1-4-7-8-9-12(14)10(5-2)11(13)6-3/h10,12,14H,4-9H2,1-3H3/t10-,12-/m1/s1. The van der Waals surface area contributed by atoms with Crippen molar-refractivity contribution < 1.29 is 9.90 Å². The zero-order valence-electron chi connectivity index (χ0n) is 9.75. The van der Waals surface area contributed by atoms with Gasteiger partial charge in [-0.3, -0.25) is 4.79 Å². The van der Waals surface area contributed by atoms with E-state index >= 15 is 0 Å². The fourth-order valence-electron chi connectivity index (χ4n) is 1.78. The van der Waals surface area contributed by atoms with E-state index in [1.54, 1.807) is 0 Å². The van der Waals surface area contributed by atoms with Gasteiger partial charge in [-0.15, -0.1) is 0 Å². The number of ketones is 1. The van der Waals surface area contributed by atoms with Crippen LogP contribution in [0.4, 0.5) is 0 Å². The lowest BCUT2D eigenvalue weighted by molar-refractivity contribution is -0.126. The first-order chi connectivity index (χ1) is 6.67. The Balaban J connectivity index is 3.91. The zero-order chi connectivity index (χ0) is 11.0. The molecule has 0 aromatic rings. The molecule has 0 bridgehead atoms. The molecule has 1 N–H and O–H groups in total. The van der Waals surface area contributed by atoms with Crippen LogP contribution in [0.3, 0.4) is 0 Å². The Hall–Kier alpha value is -0.370. The molecule has 0 spiro atoms. The van der Waals surface area contributed by atoms with Gasteiger partial charge in [0.05, 0.1) is 6.10 Å². The highest BCUT2D eigenvalue weighted by Gasteiger charge is 2.22. The Morgan fingerprint density at radius 2 is 1.86 bits per heavy atom. The minimum atomic E-state index is -0.418. The van der Waals surface area contributed by atoms with Crippen molar-refractivity contribution in [2.24, 2.45) is 5.92 Å². The molecule has 0 aliphatic carbocycles. The molecule has 0 heterocycles. The van der Waals surface area contributed by atoms with E-state index < -0.39 is 6.10 Å². The van der Waals surface area contributed by atoms with E-state index in [0.29, 0.717) is 6.42 Å². The number of hydrogen-bond acceptors (Lipinski definition) is 2. The van der Waals surface area contributed by atoms with Crippen LogP contribution >= 0.6 is 0 Å². The summed E-state index contributed by atoms with van der Waals surface area (Å²) in [6, 6.07) is 0. The number of carbonyl (C=O) groups excluding carboxylic acids is 1. The van der Waals surface area contributed by atoms with Crippen LogP contribution in [0.2, 0.25) is 0 Å². The van der Waals surface area contributed by atoms with Gasteiger partial charge in [0, 0.05) is 12.3 Å². The number of Topliss-reactive ketones (excluding diaryl/α,β-unsaturated/α-hetero) is 1. The summed E-state index contributed by atoms with van der Waals surface area (Å²) in [5.74, 6) is 0.0772. The van der Waals surface area contributed by atoms with E-state index in [4.69, 9.17) is 0 Å². The third kappa shape index (κ3) is 4.75. The van der Waals surface area contributed by atoms with Gasteiger partial charge in [0.25, 0.3) is 0 Å². The van der Waals surface area contributed by atoms with Crippen LogP contribution in [0.1, 0.15) is 59.3 Å². The number of aliphatic hydroxyl groups is 1. The number of unbranched alkanes of at least 4 members (excludes halogenated alkanes) is 2. The fourth-order valence-corrected chi connectivity index (χ4v) is 1.78. The molecule has 0 fully saturated rings. The van der Waals surface area contributed by atoms with E-state index in [-0.39, 0.29) is 11.7 Å². The third-order valence-electron chi connectivity index (χ3n) is 2.77. The first kappa shape index (κ1) is 13.6. The number of rotatable bonds is 8. The molecule has 2 atom stereocenters. The van der Waals surface area contributed by atoms with Crippen LogP contribution in [-0.2, 0) is 4.79 Å². The van der Waals surface area contributed by atoms with Crippen molar-refractivity contribution in [2.75, 3.05) is 0 Å². The van der Waals surface area contributed by atoms with E-state index in [1.807, 2.05) is 13.8 Å². The minimum Gasteiger partial charge on any atom is -0.392 e. The molecule has 0 amide bonds. The minimum absolute atomic E-state index is 0.128. The van der Waals surface area contributed by atoms with Crippen molar-refractivity contribution in [1.29, 1.82) is 0 Å². The van der Waals surface area contributed by atoms with Crippen LogP contribution in [0, 0.1) is 5.92 Å². The summed E-state index contributed by atoms with van der Waals surface area (Å²) in [6.45, 7) is 5.98. The quantitative estimate of drug-likeness (QED) is 0.612. The molecule has 0 aromatic heterocycles. The number of hydrogen-bond donors (Lipinski definition) is 1. The lowest BCUT2D eigenvalue weighted by Crippen LogP contribution is -2.27. The highest BCUT2D eigenvalue weighted by Crippen LogP contribution is 2.17. The SMILES string of the molecule is CCCCC[C@@H](O)[C@H](CC)C(=O)CC. The second kappa shape index (κ2) is 7.98. The number of aliphatic hydroxyl groups excluding tert-OH is 1. The maximum Gasteiger partial charge on any atom is 0.138 e. The lowest BCUT2D eigenvalue weighted by atomic mass is 9.90. The monoisotopic (exact) mass is 200 g/mol. The molecule has 2 heteroatoms. The summed E-state index contributed by atoms with van der Waals surface area (Å²) in [6.07, 6.45) is 5.00. The second-order valence-electron chi connectivity index (χ2n) is 3.90. The third-order valence-corrected chi connectivity index (χ3v) is 2.77. The number of carbonyl (C=O) groups is 1. The Kier molecular flexibility index (Phi) is 7.77. The predicted octanol–water partition coefficient (Wildman–Crippen LogP) is 2.93. The summed E-state index contributed by atoms with van der Waals surface area (Å²) in [5.41, 5.74) is 0. The summed E-state index contributed by atoms with van der Waals surface area (Å²) >= 11 is 0. The highest BCUT2D eigenvalue weighted by molar-refractivity contribution is 5.81. The van der Waals surface area contributed by atoms with E-state index in [2.05, 4.69) is 6.92 Å². The van der Waals surface area contributed by atoms with Gasteiger partial charge in [0.2, 0.25) is 0 Å². The summed E-state index contributed by atoms with van der Waals surface area (Å²) in [7, 11) is 0. The molecule has 0 aliphatic heterocycles. The molecule has 0 radical (unpaired) electrons. The topological polar surface area (TPSA) is 37.3 Å². The molecule has 0 saturated carbocycles. The van der Waals surface area contributed by atoms with Crippen LogP contribution < -0.4 is 0 Å². The fraction of sp³-hybridized carbons (Fsp3) is 0.917. The molecule has 0 rings (SSSR count). The highest BCUT2D eigenvalue weighted by atomic mass is 16.3. The molecule has 14 heavy (non-hydrogen) atoms. The Morgan fingerprint density at radius 1 is 1.21 bits per heavy atom. The molecule has 0 aliphatic rings. The van der Waals surface area contributed by atoms with Crippen molar-refractivity contribution in [3.05, 3.63) is 0 Å². The van der Waals surface area contributed by atoms with Crippen molar-refractivity contribution in [1.82, 2.24) is 0 Å². The average Bonchev–Trinajstić information content (AvgIpc) is 2.19. The van der Waals surface area contributed by atoms with Crippen LogP contribution in [-0.4, -0.2) is 17.0 Å². The van der Waals surface area contributed by atoms with Crippen LogP contribution in [0.25, 0.3) is 0 Å². The summed E-state index contributed by atoms with van der Waals surface area (Å²) in [4.78, 5) is 11.5. The second-order valence-corrected chi connectivity index (χ2v) is 3.90. The van der Waals surface area contributed by atoms with Gasteiger partial charge in [0.15, 0.2) is 0 Å². The molecular formula is C12H24O2. The van der Waals surface area contributed by atoms with Gasteiger partial charge < -0.3 is 5.11 Å². The van der Waals surface area contributed by atoms with Gasteiger partial charge in [-0.1, -0.05) is 40.0 Å². The summed E-state index contributed by atoms with van der Waals surface area (Å²) < 4.78 is 0. The van der Waals surface area contributed by atoms with Crippen LogP contribution in [0.15, 0.2) is 0 Å². The normalized spacial score (nSPS) is 15.1.